The number of nitrogens with one attached hydrogen (secondary N) is 1. The Morgan fingerprint density at radius 1 is 1.40 bits per heavy atom. The molecule has 0 aliphatic heterocycles. The second-order valence-corrected chi connectivity index (χ2v) is 6.90. The fourth-order valence-corrected chi connectivity index (χ4v) is 3.52. The molecule has 0 saturated heterocycles. The predicted molar refractivity (Wildman–Crippen MR) is 75.4 cm³/mol. The van der Waals surface area contributed by atoms with Crippen molar-refractivity contribution < 1.29 is 13.2 Å². The van der Waals surface area contributed by atoms with Crippen LogP contribution < -0.4 is 4.72 Å². The second-order valence-electron chi connectivity index (χ2n) is 5.09. The summed E-state index contributed by atoms with van der Waals surface area (Å²) in [6.07, 6.45) is 2.81. The summed E-state index contributed by atoms with van der Waals surface area (Å²) in [6.45, 7) is 0.292. The number of nitriles is 1. The van der Waals surface area contributed by atoms with Crippen molar-refractivity contribution >= 4 is 10.0 Å². The predicted octanol–water partition coefficient (Wildman–Crippen LogP) is 1.55. The van der Waals surface area contributed by atoms with E-state index in [2.05, 4.69) is 4.72 Å². The first-order chi connectivity index (χ1) is 9.50. The zero-order chi connectivity index (χ0) is 14.6. The molecule has 1 aliphatic rings. The van der Waals surface area contributed by atoms with E-state index < -0.39 is 10.0 Å². The van der Waals surface area contributed by atoms with Crippen molar-refractivity contribution in [1.82, 2.24) is 4.72 Å². The molecule has 108 valence electrons. The number of ether oxygens (including phenoxy) is 1. The minimum Gasteiger partial charge on any atom is -0.377 e. The molecule has 0 atom stereocenters. The van der Waals surface area contributed by atoms with Gasteiger partial charge in [-0.2, -0.15) is 5.26 Å². The first kappa shape index (κ1) is 15.0. The van der Waals surface area contributed by atoms with Crippen LogP contribution in [-0.4, -0.2) is 27.7 Å². The molecule has 20 heavy (non-hydrogen) atoms. The Kier molecular flexibility index (Phi) is 4.43. The maximum atomic E-state index is 12.1. The fraction of sp³-hybridized carbons (Fsp3) is 0.500. The molecule has 0 amide bonds. The SMILES string of the molecule is COC1(CNS(=O)(=O)Cc2ccccc2C#N)CCC1. The number of nitrogens with zero attached hydrogens (tertiary/aromatic N) is 1. The largest absolute Gasteiger partial charge is 0.377 e. The Hall–Kier alpha value is -1.42. The third-order valence-corrected chi connectivity index (χ3v) is 5.07. The van der Waals surface area contributed by atoms with Gasteiger partial charge in [-0.3, -0.25) is 0 Å². The second kappa shape index (κ2) is 5.92. The molecule has 1 aromatic carbocycles. The van der Waals surface area contributed by atoms with E-state index in [0.29, 0.717) is 17.7 Å². The molecule has 1 aromatic rings. The summed E-state index contributed by atoms with van der Waals surface area (Å²) in [5.74, 6) is -0.184. The van der Waals surface area contributed by atoms with Gasteiger partial charge in [-0.15, -0.1) is 0 Å². The van der Waals surface area contributed by atoms with E-state index in [1.807, 2.05) is 6.07 Å². The standard InChI is InChI=1S/C14H18N2O3S/c1-19-14(7-4-8-14)11-16-20(17,18)10-13-6-3-2-5-12(13)9-15/h2-3,5-6,16H,4,7-8,10-11H2,1H3. The maximum absolute atomic E-state index is 12.1. The Bertz CT molecular complexity index is 610. The van der Waals surface area contributed by atoms with Crippen LogP contribution in [0.1, 0.15) is 30.4 Å². The molecule has 6 heteroatoms. The van der Waals surface area contributed by atoms with E-state index in [1.165, 1.54) is 0 Å². The fourth-order valence-electron chi connectivity index (χ4n) is 2.28. The molecule has 1 saturated carbocycles. The highest BCUT2D eigenvalue weighted by Crippen LogP contribution is 2.34. The summed E-state index contributed by atoms with van der Waals surface area (Å²) < 4.78 is 32.2. The summed E-state index contributed by atoms with van der Waals surface area (Å²) in [5, 5.41) is 8.97. The molecule has 1 N–H and O–H groups in total. The minimum absolute atomic E-state index is 0.184. The number of methoxy groups -OCH3 is 1. The Morgan fingerprint density at radius 2 is 2.10 bits per heavy atom. The molecule has 0 bridgehead atoms. The van der Waals surface area contributed by atoms with Crippen molar-refractivity contribution in [3.05, 3.63) is 35.4 Å². The van der Waals surface area contributed by atoms with Gasteiger partial charge in [0.05, 0.1) is 23.0 Å². The van der Waals surface area contributed by atoms with Crippen molar-refractivity contribution in [3.63, 3.8) is 0 Å². The molecule has 1 aliphatic carbocycles. The van der Waals surface area contributed by atoms with E-state index in [9.17, 15) is 8.42 Å². The lowest BCUT2D eigenvalue weighted by Crippen LogP contribution is -2.49. The molecule has 0 heterocycles. The van der Waals surface area contributed by atoms with Crippen LogP contribution in [0.3, 0.4) is 0 Å². The lowest BCUT2D eigenvalue weighted by atomic mass is 9.80. The van der Waals surface area contributed by atoms with Gasteiger partial charge in [0.1, 0.15) is 0 Å². The topological polar surface area (TPSA) is 79.2 Å². The van der Waals surface area contributed by atoms with Crippen LogP contribution in [0.4, 0.5) is 0 Å². The monoisotopic (exact) mass is 294 g/mol. The van der Waals surface area contributed by atoms with Crippen molar-refractivity contribution in [2.24, 2.45) is 0 Å². The Labute approximate surface area is 119 Å². The lowest BCUT2D eigenvalue weighted by Gasteiger charge is -2.40. The van der Waals surface area contributed by atoms with Crippen LogP contribution in [0.5, 0.6) is 0 Å². The van der Waals surface area contributed by atoms with Gasteiger partial charge in [0, 0.05) is 13.7 Å². The van der Waals surface area contributed by atoms with Crippen LogP contribution in [0.2, 0.25) is 0 Å². The van der Waals surface area contributed by atoms with E-state index in [0.717, 1.165) is 19.3 Å². The van der Waals surface area contributed by atoms with Gasteiger partial charge in [-0.05, 0) is 30.9 Å². The summed E-state index contributed by atoms with van der Waals surface area (Å²) >= 11 is 0. The van der Waals surface area contributed by atoms with E-state index >= 15 is 0 Å². The van der Waals surface area contributed by atoms with Gasteiger partial charge in [-0.25, -0.2) is 13.1 Å². The molecule has 0 radical (unpaired) electrons. The molecule has 5 nitrogen and oxygen atoms in total. The quantitative estimate of drug-likeness (QED) is 0.863. The average Bonchev–Trinajstić information content (AvgIpc) is 2.38. The van der Waals surface area contributed by atoms with Crippen LogP contribution in [0.15, 0.2) is 24.3 Å². The molecule has 0 aromatic heterocycles. The number of rotatable bonds is 6. The normalized spacial score (nSPS) is 17.2. The highest BCUT2D eigenvalue weighted by Gasteiger charge is 2.37. The maximum Gasteiger partial charge on any atom is 0.215 e. The Morgan fingerprint density at radius 3 is 2.65 bits per heavy atom. The third-order valence-electron chi connectivity index (χ3n) is 3.80. The van der Waals surface area contributed by atoms with Crippen molar-refractivity contribution in [2.45, 2.75) is 30.6 Å². The lowest BCUT2D eigenvalue weighted by molar-refractivity contribution is -0.0659. The number of benzene rings is 1. The van der Waals surface area contributed by atoms with E-state index in [-0.39, 0.29) is 11.4 Å². The molecule has 0 spiro atoms. The summed E-state index contributed by atoms with van der Waals surface area (Å²) in [4.78, 5) is 0. The zero-order valence-corrected chi connectivity index (χ0v) is 12.2. The molecule has 1 fully saturated rings. The first-order valence-corrected chi connectivity index (χ1v) is 8.16. The van der Waals surface area contributed by atoms with Gasteiger partial charge in [0.15, 0.2) is 0 Å². The van der Waals surface area contributed by atoms with Crippen molar-refractivity contribution in [3.8, 4) is 6.07 Å². The first-order valence-electron chi connectivity index (χ1n) is 6.51. The summed E-state index contributed by atoms with van der Waals surface area (Å²) in [5.41, 5.74) is 0.562. The molecule has 2 rings (SSSR count). The van der Waals surface area contributed by atoms with Gasteiger partial charge in [0.2, 0.25) is 10.0 Å². The number of sulfonamides is 1. The zero-order valence-electron chi connectivity index (χ0n) is 11.4. The molecular weight excluding hydrogens is 276 g/mol. The van der Waals surface area contributed by atoms with Gasteiger partial charge in [0.25, 0.3) is 0 Å². The van der Waals surface area contributed by atoms with Crippen LogP contribution in [0, 0.1) is 11.3 Å². The van der Waals surface area contributed by atoms with E-state index in [4.69, 9.17) is 10.00 Å². The van der Waals surface area contributed by atoms with Crippen molar-refractivity contribution in [1.29, 1.82) is 5.26 Å². The van der Waals surface area contributed by atoms with Crippen LogP contribution in [-0.2, 0) is 20.5 Å². The number of hydrogen-bond acceptors (Lipinski definition) is 4. The van der Waals surface area contributed by atoms with Gasteiger partial charge in [-0.1, -0.05) is 18.2 Å². The molecule has 0 unspecified atom stereocenters. The van der Waals surface area contributed by atoms with Crippen molar-refractivity contribution in [2.75, 3.05) is 13.7 Å². The number of hydrogen-bond donors (Lipinski definition) is 1. The van der Waals surface area contributed by atoms with Crippen LogP contribution in [0.25, 0.3) is 0 Å². The van der Waals surface area contributed by atoms with Gasteiger partial charge < -0.3 is 4.74 Å². The average molecular weight is 294 g/mol. The molecular formula is C14H18N2O3S. The minimum atomic E-state index is -3.47. The van der Waals surface area contributed by atoms with Crippen LogP contribution >= 0.6 is 0 Å². The third kappa shape index (κ3) is 3.37. The van der Waals surface area contributed by atoms with E-state index in [1.54, 1.807) is 31.4 Å². The van der Waals surface area contributed by atoms with Gasteiger partial charge >= 0.3 is 0 Å². The summed E-state index contributed by atoms with van der Waals surface area (Å²) in [6, 6.07) is 8.73. The highest BCUT2D eigenvalue weighted by atomic mass is 32.2. The highest BCUT2D eigenvalue weighted by molar-refractivity contribution is 7.88. The summed E-state index contributed by atoms with van der Waals surface area (Å²) in [7, 11) is -1.86. The Balaban J connectivity index is 2.03. The smallest absolute Gasteiger partial charge is 0.215 e.